The van der Waals surface area contributed by atoms with Crippen LogP contribution >= 0.6 is 0 Å². The number of ether oxygens (including phenoxy) is 4. The number of esters is 4. The highest BCUT2D eigenvalue weighted by molar-refractivity contribution is 5.70. The van der Waals surface area contributed by atoms with Gasteiger partial charge in [0.2, 0.25) is 0 Å². The summed E-state index contributed by atoms with van der Waals surface area (Å²) < 4.78 is 18.4. The van der Waals surface area contributed by atoms with Crippen molar-refractivity contribution < 1.29 is 38.1 Å². The van der Waals surface area contributed by atoms with Gasteiger partial charge in [-0.15, -0.1) is 0 Å². The molecule has 0 N–H and O–H groups in total. The number of hydrogen-bond donors (Lipinski definition) is 0. The van der Waals surface area contributed by atoms with Gasteiger partial charge in [0.15, 0.2) is 0 Å². The van der Waals surface area contributed by atoms with Crippen LogP contribution in [0.15, 0.2) is 0 Å². The van der Waals surface area contributed by atoms with Crippen molar-refractivity contribution in [2.75, 3.05) is 0 Å². The van der Waals surface area contributed by atoms with Gasteiger partial charge in [-0.25, -0.2) is 0 Å². The van der Waals surface area contributed by atoms with Crippen LogP contribution < -0.4 is 0 Å². The van der Waals surface area contributed by atoms with Crippen LogP contribution in [0.25, 0.3) is 0 Å². The number of carbonyl (C=O) groups excluding carboxylic acids is 4. The fraction of sp³-hybridized carbons (Fsp3) is 0.600. The molecule has 8 heteroatoms. The molecule has 0 aromatic carbocycles. The molecule has 0 radical (unpaired) electrons. The molecular formula is C10H14O8. The maximum Gasteiger partial charge on any atom is 0.320 e. The fourth-order valence-corrected chi connectivity index (χ4v) is 0.925. The normalized spacial score (nSPS) is 9.89. The van der Waals surface area contributed by atoms with Gasteiger partial charge in [0.25, 0.3) is 0 Å². The van der Waals surface area contributed by atoms with Crippen molar-refractivity contribution >= 4 is 23.9 Å². The van der Waals surface area contributed by atoms with E-state index in [4.69, 9.17) is 0 Å². The summed E-state index contributed by atoms with van der Waals surface area (Å²) in [6.07, 6.45) is -3.29. The largest absolute Gasteiger partial charge is 0.417 e. The summed E-state index contributed by atoms with van der Waals surface area (Å²) in [6, 6.07) is 0. The summed E-state index contributed by atoms with van der Waals surface area (Å²) in [7, 11) is 0. The number of hydrogen-bond acceptors (Lipinski definition) is 8. The molecule has 0 aliphatic rings. The maximum atomic E-state index is 10.8. The lowest BCUT2D eigenvalue weighted by Crippen LogP contribution is -2.40. The van der Waals surface area contributed by atoms with Crippen LogP contribution in [-0.2, 0) is 38.1 Å². The SMILES string of the molecule is CC(=O)OC(OC(C)=O)C(OC(C)=O)OC(C)=O. The van der Waals surface area contributed by atoms with Crippen LogP contribution in [0.5, 0.6) is 0 Å². The average molecular weight is 262 g/mol. The standard InChI is InChI=1S/C10H14O8/c1-5(11)15-9(16-6(2)12)10(17-7(3)13)18-8(4)14/h9-10H,1-4H3. The van der Waals surface area contributed by atoms with Crippen LogP contribution in [0.4, 0.5) is 0 Å². The topological polar surface area (TPSA) is 105 Å². The van der Waals surface area contributed by atoms with E-state index < -0.39 is 36.5 Å². The van der Waals surface area contributed by atoms with Crippen LogP contribution in [0, 0.1) is 0 Å². The maximum absolute atomic E-state index is 10.8. The van der Waals surface area contributed by atoms with Gasteiger partial charge in [-0.1, -0.05) is 0 Å². The van der Waals surface area contributed by atoms with Crippen molar-refractivity contribution in [3.05, 3.63) is 0 Å². The highest BCUT2D eigenvalue weighted by Crippen LogP contribution is 2.10. The molecule has 0 rings (SSSR count). The molecule has 0 saturated carbocycles. The van der Waals surface area contributed by atoms with Crippen LogP contribution in [0.1, 0.15) is 27.7 Å². The van der Waals surface area contributed by atoms with Crippen molar-refractivity contribution in [3.63, 3.8) is 0 Å². The Balaban J connectivity index is 4.90. The van der Waals surface area contributed by atoms with Crippen LogP contribution in [0.2, 0.25) is 0 Å². The van der Waals surface area contributed by atoms with Gasteiger partial charge in [-0.2, -0.15) is 0 Å². The lowest BCUT2D eigenvalue weighted by atomic mass is 10.5. The summed E-state index contributed by atoms with van der Waals surface area (Å²) in [5.41, 5.74) is 0. The molecule has 0 aliphatic carbocycles. The molecular weight excluding hydrogens is 248 g/mol. The van der Waals surface area contributed by atoms with E-state index in [0.29, 0.717) is 0 Å². The van der Waals surface area contributed by atoms with Crippen LogP contribution in [0.3, 0.4) is 0 Å². The van der Waals surface area contributed by atoms with Crippen molar-refractivity contribution in [1.82, 2.24) is 0 Å². The smallest absolute Gasteiger partial charge is 0.320 e. The predicted octanol–water partition coefficient (Wildman–Crippen LogP) is -0.109. The van der Waals surface area contributed by atoms with Crippen molar-refractivity contribution in [3.8, 4) is 0 Å². The highest BCUT2D eigenvalue weighted by Gasteiger charge is 2.32. The molecule has 0 aromatic heterocycles. The summed E-state index contributed by atoms with van der Waals surface area (Å²) in [5.74, 6) is -3.20. The number of rotatable bonds is 5. The molecule has 0 amide bonds. The Labute approximate surface area is 103 Å². The molecule has 0 saturated heterocycles. The van der Waals surface area contributed by atoms with Crippen LogP contribution in [-0.4, -0.2) is 36.5 Å². The molecule has 102 valence electrons. The minimum atomic E-state index is -1.65. The third-order valence-corrected chi connectivity index (χ3v) is 1.35. The lowest BCUT2D eigenvalue weighted by Gasteiger charge is -2.24. The van der Waals surface area contributed by atoms with Gasteiger partial charge in [0.1, 0.15) is 0 Å². The van der Waals surface area contributed by atoms with Gasteiger partial charge >= 0.3 is 36.5 Å². The molecule has 8 nitrogen and oxygen atoms in total. The van der Waals surface area contributed by atoms with E-state index in [0.717, 1.165) is 27.7 Å². The molecule has 18 heavy (non-hydrogen) atoms. The first kappa shape index (κ1) is 15.9. The Morgan fingerprint density at radius 3 is 0.833 bits per heavy atom. The molecule has 0 heterocycles. The highest BCUT2D eigenvalue weighted by atomic mass is 16.8. The Bertz CT molecular complexity index is 282. The molecule has 0 atom stereocenters. The van der Waals surface area contributed by atoms with Gasteiger partial charge < -0.3 is 18.9 Å². The Kier molecular flexibility index (Phi) is 6.40. The van der Waals surface area contributed by atoms with E-state index in [1.54, 1.807) is 0 Å². The van der Waals surface area contributed by atoms with E-state index in [2.05, 4.69) is 18.9 Å². The zero-order valence-corrected chi connectivity index (χ0v) is 10.4. The summed E-state index contributed by atoms with van der Waals surface area (Å²) >= 11 is 0. The van der Waals surface area contributed by atoms with Crippen molar-refractivity contribution in [1.29, 1.82) is 0 Å². The summed E-state index contributed by atoms with van der Waals surface area (Å²) in [4.78, 5) is 43.3. The fourth-order valence-electron chi connectivity index (χ4n) is 0.925. The van der Waals surface area contributed by atoms with Gasteiger partial charge in [-0.05, 0) is 0 Å². The third-order valence-electron chi connectivity index (χ3n) is 1.35. The number of carbonyl (C=O) groups is 4. The van der Waals surface area contributed by atoms with E-state index >= 15 is 0 Å². The first-order valence-corrected chi connectivity index (χ1v) is 4.91. The van der Waals surface area contributed by atoms with E-state index in [-0.39, 0.29) is 0 Å². The van der Waals surface area contributed by atoms with E-state index in [9.17, 15) is 19.2 Å². The predicted molar refractivity (Wildman–Crippen MR) is 54.6 cm³/mol. The van der Waals surface area contributed by atoms with Crippen molar-refractivity contribution in [2.24, 2.45) is 0 Å². The van der Waals surface area contributed by atoms with Gasteiger partial charge in [-0.3, -0.25) is 19.2 Å². The monoisotopic (exact) mass is 262 g/mol. The molecule has 0 unspecified atom stereocenters. The second-order valence-electron chi connectivity index (χ2n) is 3.17. The summed E-state index contributed by atoms with van der Waals surface area (Å²) in [6.45, 7) is 4.20. The molecule has 0 spiro atoms. The Morgan fingerprint density at radius 2 is 0.722 bits per heavy atom. The molecule has 0 fully saturated rings. The zero-order valence-electron chi connectivity index (χ0n) is 10.4. The molecule has 0 bridgehead atoms. The first-order chi connectivity index (χ1) is 8.22. The van der Waals surface area contributed by atoms with E-state index in [1.807, 2.05) is 0 Å². The lowest BCUT2D eigenvalue weighted by molar-refractivity contribution is -0.257. The summed E-state index contributed by atoms with van der Waals surface area (Å²) in [5, 5.41) is 0. The zero-order chi connectivity index (χ0) is 14.3. The second kappa shape index (κ2) is 7.25. The average Bonchev–Trinajstić information content (AvgIpc) is 2.12. The Morgan fingerprint density at radius 1 is 0.556 bits per heavy atom. The van der Waals surface area contributed by atoms with Gasteiger partial charge in [0, 0.05) is 27.7 Å². The third kappa shape index (κ3) is 7.20. The van der Waals surface area contributed by atoms with Crippen molar-refractivity contribution in [2.45, 2.75) is 40.3 Å². The quantitative estimate of drug-likeness (QED) is 0.499. The first-order valence-electron chi connectivity index (χ1n) is 4.91. The Hall–Kier alpha value is -2.12. The second-order valence-corrected chi connectivity index (χ2v) is 3.17. The van der Waals surface area contributed by atoms with E-state index in [1.165, 1.54) is 0 Å². The minimum absolute atomic E-state index is 0.800. The van der Waals surface area contributed by atoms with Gasteiger partial charge in [0.05, 0.1) is 0 Å². The minimum Gasteiger partial charge on any atom is -0.417 e. The molecule has 0 aliphatic heterocycles. The molecule has 0 aromatic rings.